The van der Waals surface area contributed by atoms with Gasteiger partial charge in [0.15, 0.2) is 0 Å². The Labute approximate surface area is 119 Å². The second-order valence-corrected chi connectivity index (χ2v) is 4.48. The van der Waals surface area contributed by atoms with Crippen LogP contribution in [-0.4, -0.2) is 37.2 Å². The second kappa shape index (κ2) is 7.49. The van der Waals surface area contributed by atoms with Crippen molar-refractivity contribution in [2.75, 3.05) is 14.2 Å². The number of nitrogens with zero attached hydrogens (tertiary/aromatic N) is 1. The summed E-state index contributed by atoms with van der Waals surface area (Å²) in [7, 11) is 3.06. The van der Waals surface area contributed by atoms with Crippen LogP contribution >= 0.6 is 0 Å². The zero-order chi connectivity index (χ0) is 15.1. The average molecular weight is 279 g/mol. The van der Waals surface area contributed by atoms with Crippen molar-refractivity contribution in [3.63, 3.8) is 0 Å². The molecule has 110 valence electrons. The number of hydrogen-bond donors (Lipinski definition) is 2. The lowest BCUT2D eigenvalue weighted by molar-refractivity contribution is -0.124. The monoisotopic (exact) mass is 279 g/mol. The molecule has 1 rings (SSSR count). The van der Waals surface area contributed by atoms with Crippen molar-refractivity contribution < 1.29 is 14.3 Å². The zero-order valence-corrected chi connectivity index (χ0v) is 12.3. The van der Waals surface area contributed by atoms with Gasteiger partial charge in [0.1, 0.15) is 5.75 Å². The smallest absolute Gasteiger partial charge is 0.325 e. The molecule has 0 bridgehead atoms. The van der Waals surface area contributed by atoms with E-state index in [9.17, 15) is 9.59 Å². The summed E-state index contributed by atoms with van der Waals surface area (Å²) in [5, 5.41) is 5.83. The van der Waals surface area contributed by atoms with Crippen LogP contribution in [0.2, 0.25) is 0 Å². The molecule has 1 aromatic carbocycles. The Balaban J connectivity index is 2.40. The summed E-state index contributed by atoms with van der Waals surface area (Å²) in [5.74, 6) is 0.503. The number of ether oxygens (including phenoxy) is 1. The number of amides is 3. The maximum Gasteiger partial charge on any atom is 0.325 e. The van der Waals surface area contributed by atoms with Gasteiger partial charge in [-0.15, -0.1) is 0 Å². The van der Waals surface area contributed by atoms with E-state index in [-0.39, 0.29) is 12.1 Å². The summed E-state index contributed by atoms with van der Waals surface area (Å²) >= 11 is 0. The lowest BCUT2D eigenvalue weighted by atomic mass is 10.2. The van der Waals surface area contributed by atoms with Gasteiger partial charge in [0.2, 0.25) is 5.91 Å². The predicted molar refractivity (Wildman–Crippen MR) is 76.3 cm³/mol. The van der Waals surface area contributed by atoms with Crippen molar-refractivity contribution in [2.45, 2.75) is 26.6 Å². The van der Waals surface area contributed by atoms with Crippen molar-refractivity contribution in [3.05, 3.63) is 29.8 Å². The maximum absolute atomic E-state index is 11.6. The summed E-state index contributed by atoms with van der Waals surface area (Å²) in [4.78, 5) is 23.7. The number of imide groups is 1. The quantitative estimate of drug-likeness (QED) is 0.797. The third kappa shape index (κ3) is 4.89. The Morgan fingerprint density at radius 1 is 1.30 bits per heavy atom. The highest BCUT2D eigenvalue weighted by Gasteiger charge is 2.14. The molecule has 6 nitrogen and oxygen atoms in total. The van der Waals surface area contributed by atoms with Crippen LogP contribution in [0.5, 0.6) is 5.75 Å². The molecule has 20 heavy (non-hydrogen) atoms. The van der Waals surface area contributed by atoms with E-state index in [0.29, 0.717) is 6.54 Å². The number of carbonyl (C=O) groups excluding carboxylic acids is 2. The van der Waals surface area contributed by atoms with Gasteiger partial charge in [-0.25, -0.2) is 4.79 Å². The Morgan fingerprint density at radius 2 is 1.90 bits per heavy atom. The molecular formula is C14H21N3O3. The largest absolute Gasteiger partial charge is 0.497 e. The number of rotatable bonds is 5. The van der Waals surface area contributed by atoms with Gasteiger partial charge in [-0.3, -0.25) is 15.0 Å². The first kappa shape index (κ1) is 16.0. The molecule has 1 unspecified atom stereocenters. The van der Waals surface area contributed by atoms with Gasteiger partial charge >= 0.3 is 6.03 Å². The molecule has 0 aromatic heterocycles. The maximum atomic E-state index is 11.6. The fraction of sp³-hybridized carbons (Fsp3) is 0.429. The van der Waals surface area contributed by atoms with Gasteiger partial charge in [0.25, 0.3) is 0 Å². The molecule has 0 aliphatic heterocycles. The van der Waals surface area contributed by atoms with E-state index in [1.807, 2.05) is 31.2 Å². The summed E-state index contributed by atoms with van der Waals surface area (Å²) in [5.41, 5.74) is 1.08. The molecule has 0 fully saturated rings. The topological polar surface area (TPSA) is 70.7 Å². The van der Waals surface area contributed by atoms with Gasteiger partial charge in [-0.2, -0.15) is 0 Å². The Hall–Kier alpha value is -2.08. The van der Waals surface area contributed by atoms with Crippen molar-refractivity contribution in [3.8, 4) is 5.75 Å². The first-order valence-corrected chi connectivity index (χ1v) is 6.35. The van der Waals surface area contributed by atoms with Gasteiger partial charge in [0.05, 0.1) is 13.3 Å². The van der Waals surface area contributed by atoms with Gasteiger partial charge < -0.3 is 10.1 Å². The van der Waals surface area contributed by atoms with E-state index in [1.54, 1.807) is 7.11 Å². The molecule has 2 N–H and O–H groups in total. The predicted octanol–water partition coefficient (Wildman–Crippen LogP) is 1.32. The Morgan fingerprint density at radius 3 is 2.40 bits per heavy atom. The average Bonchev–Trinajstić information content (AvgIpc) is 2.44. The summed E-state index contributed by atoms with van der Waals surface area (Å²) < 4.78 is 5.08. The highest BCUT2D eigenvalue weighted by atomic mass is 16.5. The highest BCUT2D eigenvalue weighted by molar-refractivity contribution is 5.92. The summed E-state index contributed by atoms with van der Waals surface area (Å²) in [6.45, 7) is 3.76. The molecule has 0 saturated carbocycles. The van der Waals surface area contributed by atoms with Crippen LogP contribution in [0.25, 0.3) is 0 Å². The fourth-order valence-electron chi connectivity index (χ4n) is 1.49. The van der Waals surface area contributed by atoms with E-state index in [2.05, 4.69) is 10.6 Å². The highest BCUT2D eigenvalue weighted by Crippen LogP contribution is 2.10. The molecule has 0 aliphatic rings. The minimum Gasteiger partial charge on any atom is -0.497 e. The fourth-order valence-corrected chi connectivity index (χ4v) is 1.49. The number of urea groups is 1. The molecule has 6 heteroatoms. The normalized spacial score (nSPS) is 11.6. The standard InChI is InChI=1S/C14H21N3O3/c1-10(16-14(19)17(3)11(2)18)15-9-12-5-7-13(20-4)8-6-12/h5-8,10,15H,9H2,1-4H3,(H,16,19). The molecule has 1 atom stereocenters. The minimum absolute atomic E-state index is 0.244. The first-order chi connectivity index (χ1) is 9.43. The van der Waals surface area contributed by atoms with Crippen LogP contribution in [0.15, 0.2) is 24.3 Å². The summed E-state index contributed by atoms with van der Waals surface area (Å²) in [6.07, 6.45) is -0.244. The molecular weight excluding hydrogens is 258 g/mol. The third-order valence-electron chi connectivity index (χ3n) is 2.89. The first-order valence-electron chi connectivity index (χ1n) is 6.35. The van der Waals surface area contributed by atoms with Crippen molar-refractivity contribution in [1.29, 1.82) is 0 Å². The van der Waals surface area contributed by atoms with Crippen molar-refractivity contribution in [2.24, 2.45) is 0 Å². The van der Waals surface area contributed by atoms with E-state index < -0.39 is 6.03 Å². The molecule has 0 aliphatic carbocycles. The SMILES string of the molecule is COc1ccc(CNC(C)NC(=O)N(C)C(C)=O)cc1. The van der Waals surface area contributed by atoms with Crippen LogP contribution in [0, 0.1) is 0 Å². The number of benzene rings is 1. The van der Waals surface area contributed by atoms with Crippen LogP contribution in [0.1, 0.15) is 19.4 Å². The molecule has 0 heterocycles. The molecule has 1 aromatic rings. The lowest BCUT2D eigenvalue weighted by Crippen LogP contribution is -2.49. The Bertz CT molecular complexity index is 459. The molecule has 0 saturated heterocycles. The van der Waals surface area contributed by atoms with Crippen LogP contribution in [0.4, 0.5) is 4.79 Å². The van der Waals surface area contributed by atoms with Gasteiger partial charge in [0, 0.05) is 20.5 Å². The molecule has 0 spiro atoms. The number of carbonyl (C=O) groups is 2. The lowest BCUT2D eigenvalue weighted by Gasteiger charge is -2.20. The van der Waals surface area contributed by atoms with Crippen LogP contribution in [0.3, 0.4) is 0 Å². The molecule has 0 radical (unpaired) electrons. The number of methoxy groups -OCH3 is 1. The number of nitrogens with one attached hydrogen (secondary N) is 2. The van der Waals surface area contributed by atoms with E-state index >= 15 is 0 Å². The third-order valence-corrected chi connectivity index (χ3v) is 2.89. The van der Waals surface area contributed by atoms with Crippen LogP contribution < -0.4 is 15.4 Å². The number of hydrogen-bond acceptors (Lipinski definition) is 4. The van der Waals surface area contributed by atoms with Gasteiger partial charge in [-0.05, 0) is 24.6 Å². The van der Waals surface area contributed by atoms with E-state index in [4.69, 9.17) is 4.74 Å². The van der Waals surface area contributed by atoms with Crippen LogP contribution in [-0.2, 0) is 11.3 Å². The Kier molecular flexibility index (Phi) is 5.99. The van der Waals surface area contributed by atoms with Crippen molar-refractivity contribution >= 4 is 11.9 Å². The second-order valence-electron chi connectivity index (χ2n) is 4.48. The van der Waals surface area contributed by atoms with Crippen molar-refractivity contribution in [1.82, 2.24) is 15.5 Å². The molecule has 3 amide bonds. The van der Waals surface area contributed by atoms with E-state index in [1.165, 1.54) is 14.0 Å². The minimum atomic E-state index is -0.424. The summed E-state index contributed by atoms with van der Waals surface area (Å²) in [6, 6.07) is 7.23. The zero-order valence-electron chi connectivity index (χ0n) is 12.3. The van der Waals surface area contributed by atoms with Gasteiger partial charge in [-0.1, -0.05) is 12.1 Å². The van der Waals surface area contributed by atoms with E-state index in [0.717, 1.165) is 16.2 Å².